The van der Waals surface area contributed by atoms with Crippen molar-refractivity contribution in [2.75, 3.05) is 13.1 Å². The largest absolute Gasteiger partial charge is 0.481 e. The number of carboxylic acid groups (broad SMARTS) is 1. The summed E-state index contributed by atoms with van der Waals surface area (Å²) in [4.78, 5) is 30.2. The predicted octanol–water partition coefficient (Wildman–Crippen LogP) is 2.72. The maximum absolute atomic E-state index is 12.7. The summed E-state index contributed by atoms with van der Waals surface area (Å²) in [5.41, 5.74) is 3.84. The summed E-state index contributed by atoms with van der Waals surface area (Å²) in [6.45, 7) is 4.91. The van der Waals surface area contributed by atoms with Crippen LogP contribution in [-0.4, -0.2) is 40.0 Å². The molecule has 1 aromatic heterocycles. The van der Waals surface area contributed by atoms with E-state index in [-0.39, 0.29) is 12.3 Å². The summed E-state index contributed by atoms with van der Waals surface area (Å²) in [7, 11) is 0. The number of fused-ring (bicyclic) bond motifs is 1. The number of aryl methyl sites for hydroxylation is 2. The molecule has 1 saturated heterocycles. The van der Waals surface area contributed by atoms with Gasteiger partial charge in [0.2, 0.25) is 5.91 Å². The predicted molar refractivity (Wildman–Crippen MR) is 91.9 cm³/mol. The molecule has 1 aromatic carbocycles. The van der Waals surface area contributed by atoms with Crippen LogP contribution >= 0.6 is 0 Å². The number of pyridine rings is 1. The molecule has 0 saturated carbocycles. The molecule has 3 rings (SSSR count). The summed E-state index contributed by atoms with van der Waals surface area (Å²) >= 11 is 0. The molecule has 1 aliphatic heterocycles. The van der Waals surface area contributed by atoms with E-state index in [1.807, 2.05) is 38.1 Å². The van der Waals surface area contributed by atoms with Gasteiger partial charge < -0.3 is 10.0 Å². The summed E-state index contributed by atoms with van der Waals surface area (Å²) in [5, 5.41) is 10.2. The van der Waals surface area contributed by atoms with Crippen molar-refractivity contribution in [2.24, 2.45) is 5.92 Å². The maximum atomic E-state index is 12.7. The fraction of sp³-hybridized carbons (Fsp3) is 0.421. The fourth-order valence-electron chi connectivity index (χ4n) is 3.50. The van der Waals surface area contributed by atoms with Gasteiger partial charge in [-0.25, -0.2) is 0 Å². The molecule has 0 aliphatic carbocycles. The van der Waals surface area contributed by atoms with Crippen molar-refractivity contribution < 1.29 is 14.7 Å². The Kier molecular flexibility index (Phi) is 4.51. The molecule has 1 atom stereocenters. The summed E-state index contributed by atoms with van der Waals surface area (Å²) < 4.78 is 0. The van der Waals surface area contributed by atoms with E-state index in [2.05, 4.69) is 4.98 Å². The molecule has 1 unspecified atom stereocenters. The molecule has 126 valence electrons. The van der Waals surface area contributed by atoms with Crippen molar-refractivity contribution in [3.63, 3.8) is 0 Å². The topological polar surface area (TPSA) is 70.5 Å². The number of para-hydroxylation sites is 1. The number of hydrogen-bond acceptors (Lipinski definition) is 3. The Hall–Kier alpha value is -2.43. The molecule has 0 spiro atoms. The second-order valence-corrected chi connectivity index (χ2v) is 6.51. The van der Waals surface area contributed by atoms with Gasteiger partial charge in [-0.2, -0.15) is 0 Å². The van der Waals surface area contributed by atoms with Gasteiger partial charge in [-0.15, -0.1) is 0 Å². The number of likely N-dealkylation sites (tertiary alicyclic amines) is 1. The number of nitrogens with zero attached hydrogens (tertiary/aromatic N) is 2. The van der Waals surface area contributed by atoms with E-state index in [1.165, 1.54) is 0 Å². The minimum atomic E-state index is -0.813. The van der Waals surface area contributed by atoms with E-state index in [0.717, 1.165) is 34.1 Å². The van der Waals surface area contributed by atoms with Gasteiger partial charge in [-0.3, -0.25) is 14.6 Å². The lowest BCUT2D eigenvalue weighted by Gasteiger charge is -2.31. The molecular formula is C19H22N2O3. The Morgan fingerprint density at radius 2 is 2.04 bits per heavy atom. The number of hydrogen-bond donors (Lipinski definition) is 1. The van der Waals surface area contributed by atoms with Crippen molar-refractivity contribution in [3.8, 4) is 0 Å². The summed E-state index contributed by atoms with van der Waals surface area (Å²) in [5.74, 6) is -1.27. The zero-order chi connectivity index (χ0) is 17.3. The van der Waals surface area contributed by atoms with Crippen molar-refractivity contribution in [1.29, 1.82) is 0 Å². The molecule has 5 nitrogen and oxygen atoms in total. The first-order valence-corrected chi connectivity index (χ1v) is 8.32. The molecule has 1 amide bonds. The minimum absolute atomic E-state index is 0.00997. The van der Waals surface area contributed by atoms with Crippen LogP contribution < -0.4 is 0 Å². The highest BCUT2D eigenvalue weighted by atomic mass is 16.4. The lowest BCUT2D eigenvalue weighted by molar-refractivity contribution is -0.145. The Labute approximate surface area is 141 Å². The first kappa shape index (κ1) is 16.4. The van der Waals surface area contributed by atoms with E-state index >= 15 is 0 Å². The Morgan fingerprint density at radius 3 is 2.79 bits per heavy atom. The number of piperidine rings is 1. The third-order valence-corrected chi connectivity index (χ3v) is 4.94. The van der Waals surface area contributed by atoms with Gasteiger partial charge in [0.1, 0.15) is 0 Å². The SMILES string of the molecule is Cc1nc2ccccc2c(C)c1CC(=O)N1CCCC(C(=O)O)C1. The number of benzene rings is 1. The average molecular weight is 326 g/mol. The molecule has 1 N–H and O–H groups in total. The third-order valence-electron chi connectivity index (χ3n) is 4.94. The zero-order valence-electron chi connectivity index (χ0n) is 14.1. The van der Waals surface area contributed by atoms with Crippen LogP contribution in [-0.2, 0) is 16.0 Å². The lowest BCUT2D eigenvalue weighted by atomic mass is 9.96. The number of carbonyl (C=O) groups excluding carboxylic acids is 1. The highest BCUT2D eigenvalue weighted by Gasteiger charge is 2.28. The monoisotopic (exact) mass is 326 g/mol. The van der Waals surface area contributed by atoms with Crippen LogP contribution in [0.2, 0.25) is 0 Å². The molecule has 5 heteroatoms. The molecule has 1 aliphatic rings. The number of amides is 1. The second-order valence-electron chi connectivity index (χ2n) is 6.51. The number of aromatic nitrogens is 1. The van der Waals surface area contributed by atoms with E-state index in [0.29, 0.717) is 19.5 Å². The quantitative estimate of drug-likeness (QED) is 0.941. The second kappa shape index (κ2) is 6.59. The summed E-state index contributed by atoms with van der Waals surface area (Å²) in [6.07, 6.45) is 1.67. The molecule has 2 heterocycles. The van der Waals surface area contributed by atoms with Crippen LogP contribution in [0, 0.1) is 19.8 Å². The van der Waals surface area contributed by atoms with Crippen LogP contribution in [0.3, 0.4) is 0 Å². The van der Waals surface area contributed by atoms with Crippen LogP contribution in [0.1, 0.15) is 29.7 Å². The number of carboxylic acids is 1. The van der Waals surface area contributed by atoms with Crippen LogP contribution in [0.15, 0.2) is 24.3 Å². The highest BCUT2D eigenvalue weighted by Crippen LogP contribution is 2.24. The number of carbonyl (C=O) groups is 2. The van der Waals surface area contributed by atoms with Gasteiger partial charge in [-0.1, -0.05) is 18.2 Å². The highest BCUT2D eigenvalue weighted by molar-refractivity contribution is 5.86. The van der Waals surface area contributed by atoms with Crippen LogP contribution in [0.25, 0.3) is 10.9 Å². The number of aliphatic carboxylic acids is 1. The molecule has 1 fully saturated rings. The van der Waals surface area contributed by atoms with Crippen LogP contribution in [0.4, 0.5) is 0 Å². The minimum Gasteiger partial charge on any atom is -0.481 e. The van der Waals surface area contributed by atoms with Gasteiger partial charge in [0.05, 0.1) is 17.9 Å². The average Bonchev–Trinajstić information content (AvgIpc) is 2.58. The zero-order valence-corrected chi connectivity index (χ0v) is 14.1. The van der Waals surface area contributed by atoms with E-state index in [1.54, 1.807) is 4.90 Å². The molecule has 2 aromatic rings. The van der Waals surface area contributed by atoms with Gasteiger partial charge in [0.25, 0.3) is 0 Å². The Balaban J connectivity index is 1.84. The third kappa shape index (κ3) is 3.11. The fourth-order valence-corrected chi connectivity index (χ4v) is 3.50. The molecule has 0 radical (unpaired) electrons. The Morgan fingerprint density at radius 1 is 1.29 bits per heavy atom. The standard InChI is InChI=1S/C19H22N2O3/c1-12-15-7-3-4-8-17(15)20-13(2)16(12)10-18(22)21-9-5-6-14(11-21)19(23)24/h3-4,7-8,14H,5-6,9-11H2,1-2H3,(H,23,24). The summed E-state index contributed by atoms with van der Waals surface area (Å²) in [6, 6.07) is 7.92. The first-order valence-electron chi connectivity index (χ1n) is 8.32. The van der Waals surface area contributed by atoms with Gasteiger partial charge >= 0.3 is 5.97 Å². The van der Waals surface area contributed by atoms with Crippen LogP contribution in [0.5, 0.6) is 0 Å². The van der Waals surface area contributed by atoms with Crippen molar-refractivity contribution in [2.45, 2.75) is 33.1 Å². The van der Waals surface area contributed by atoms with Crippen molar-refractivity contribution in [1.82, 2.24) is 9.88 Å². The van der Waals surface area contributed by atoms with Crippen molar-refractivity contribution >= 4 is 22.8 Å². The molecular weight excluding hydrogens is 304 g/mol. The van der Waals surface area contributed by atoms with Gasteiger partial charge in [-0.05, 0) is 43.9 Å². The molecule has 24 heavy (non-hydrogen) atoms. The van der Waals surface area contributed by atoms with Gasteiger partial charge in [0, 0.05) is 24.2 Å². The van der Waals surface area contributed by atoms with Gasteiger partial charge in [0.15, 0.2) is 0 Å². The van der Waals surface area contributed by atoms with E-state index in [9.17, 15) is 14.7 Å². The maximum Gasteiger partial charge on any atom is 0.308 e. The van der Waals surface area contributed by atoms with E-state index < -0.39 is 11.9 Å². The Bertz CT molecular complexity index is 801. The molecule has 0 bridgehead atoms. The first-order chi connectivity index (χ1) is 11.5. The lowest BCUT2D eigenvalue weighted by Crippen LogP contribution is -2.43. The van der Waals surface area contributed by atoms with E-state index in [4.69, 9.17) is 0 Å². The normalized spacial score (nSPS) is 17.9. The van der Waals surface area contributed by atoms with Crippen molar-refractivity contribution in [3.05, 3.63) is 41.1 Å². The smallest absolute Gasteiger partial charge is 0.308 e. The number of rotatable bonds is 3.